The van der Waals surface area contributed by atoms with Gasteiger partial charge in [-0.1, -0.05) is 6.07 Å². The van der Waals surface area contributed by atoms with E-state index in [1.54, 1.807) is 43.6 Å². The fourth-order valence-corrected chi connectivity index (χ4v) is 3.01. The predicted molar refractivity (Wildman–Crippen MR) is 118 cm³/mol. The molecule has 0 bridgehead atoms. The Bertz CT molecular complexity index is 936. The van der Waals surface area contributed by atoms with Crippen molar-refractivity contribution in [3.63, 3.8) is 0 Å². The van der Waals surface area contributed by atoms with Gasteiger partial charge in [-0.2, -0.15) is 0 Å². The zero-order valence-electron chi connectivity index (χ0n) is 17.0. The van der Waals surface area contributed by atoms with Crippen LogP contribution in [0, 0.1) is 0 Å². The lowest BCUT2D eigenvalue weighted by Crippen LogP contribution is -2.21. The molecule has 3 aromatic rings. The molecule has 2 N–H and O–H groups in total. The second kappa shape index (κ2) is 9.59. The topological polar surface area (TPSA) is 66.5 Å². The molecule has 0 atom stereocenters. The third kappa shape index (κ3) is 5.25. The van der Waals surface area contributed by atoms with Crippen LogP contribution < -0.4 is 20.3 Å². The van der Waals surface area contributed by atoms with E-state index >= 15 is 0 Å². The van der Waals surface area contributed by atoms with Gasteiger partial charge in [-0.15, -0.1) is 0 Å². The van der Waals surface area contributed by atoms with Crippen LogP contribution in [0.4, 0.5) is 22.9 Å². The van der Waals surface area contributed by atoms with E-state index in [1.807, 2.05) is 18.2 Å². The maximum Gasteiger partial charge on any atom is 0.256 e. The summed E-state index contributed by atoms with van der Waals surface area (Å²) in [6.07, 6.45) is 1.69. The zero-order valence-corrected chi connectivity index (χ0v) is 17.0. The Morgan fingerprint density at radius 1 is 1.00 bits per heavy atom. The lowest BCUT2D eigenvalue weighted by atomic mass is 10.2. The number of ether oxygens (including phenoxy) is 1. The molecule has 3 rings (SSSR count). The number of nitrogens with zero attached hydrogens (tertiary/aromatic N) is 2. The van der Waals surface area contributed by atoms with Gasteiger partial charge < -0.3 is 20.3 Å². The average Bonchev–Trinajstić information content (AvgIpc) is 2.77. The molecule has 0 saturated carbocycles. The first-order valence-electron chi connectivity index (χ1n) is 9.66. The third-order valence-electron chi connectivity index (χ3n) is 4.62. The summed E-state index contributed by atoms with van der Waals surface area (Å²) < 4.78 is 5.15. The second-order valence-electron chi connectivity index (χ2n) is 6.46. The normalized spacial score (nSPS) is 10.3. The highest BCUT2D eigenvalue weighted by Crippen LogP contribution is 2.21. The molecular weight excluding hydrogens is 364 g/mol. The molecule has 2 aromatic carbocycles. The molecule has 0 fully saturated rings. The predicted octanol–water partition coefficient (Wildman–Crippen LogP) is 4.93. The summed E-state index contributed by atoms with van der Waals surface area (Å²) in [7, 11) is 1.57. The van der Waals surface area contributed by atoms with Crippen LogP contribution in [0.2, 0.25) is 0 Å². The summed E-state index contributed by atoms with van der Waals surface area (Å²) >= 11 is 0. The summed E-state index contributed by atoms with van der Waals surface area (Å²) in [4.78, 5) is 19.0. The summed E-state index contributed by atoms with van der Waals surface area (Å²) in [5, 5.41) is 6.12. The van der Waals surface area contributed by atoms with Crippen LogP contribution in [0.15, 0.2) is 66.9 Å². The number of aromatic nitrogens is 1. The Kier molecular flexibility index (Phi) is 6.68. The van der Waals surface area contributed by atoms with Crippen molar-refractivity contribution in [2.75, 3.05) is 35.7 Å². The van der Waals surface area contributed by atoms with Crippen LogP contribution in [0.25, 0.3) is 0 Å². The van der Waals surface area contributed by atoms with Crippen LogP contribution >= 0.6 is 0 Å². The van der Waals surface area contributed by atoms with Gasteiger partial charge in [0.25, 0.3) is 5.91 Å². The molecule has 6 nitrogen and oxygen atoms in total. The van der Waals surface area contributed by atoms with Crippen molar-refractivity contribution >= 4 is 28.8 Å². The van der Waals surface area contributed by atoms with Crippen LogP contribution in [0.1, 0.15) is 24.2 Å². The minimum atomic E-state index is -0.232. The molecule has 1 aromatic heterocycles. The molecule has 0 spiro atoms. The van der Waals surface area contributed by atoms with Crippen molar-refractivity contribution in [3.05, 3.63) is 72.4 Å². The van der Waals surface area contributed by atoms with Gasteiger partial charge in [-0.25, -0.2) is 4.98 Å². The van der Waals surface area contributed by atoms with Gasteiger partial charge in [0.15, 0.2) is 0 Å². The number of carbonyl (C=O) groups excluding carboxylic acids is 1. The molecule has 0 aliphatic carbocycles. The number of methoxy groups -OCH3 is 1. The number of rotatable bonds is 8. The third-order valence-corrected chi connectivity index (χ3v) is 4.62. The van der Waals surface area contributed by atoms with Crippen LogP contribution in [-0.2, 0) is 0 Å². The lowest BCUT2D eigenvalue weighted by molar-refractivity contribution is 0.102. The molecule has 0 saturated heterocycles. The second-order valence-corrected chi connectivity index (χ2v) is 6.46. The monoisotopic (exact) mass is 390 g/mol. The van der Waals surface area contributed by atoms with Gasteiger partial charge in [0.1, 0.15) is 11.6 Å². The summed E-state index contributed by atoms with van der Waals surface area (Å²) in [6.45, 7) is 6.26. The molecule has 1 amide bonds. The molecule has 0 aliphatic rings. The Morgan fingerprint density at radius 3 is 2.34 bits per heavy atom. The molecule has 0 unspecified atom stereocenters. The maximum absolute atomic E-state index is 12.4. The van der Waals surface area contributed by atoms with Gasteiger partial charge in [0.2, 0.25) is 0 Å². The smallest absolute Gasteiger partial charge is 0.256 e. The summed E-state index contributed by atoms with van der Waals surface area (Å²) in [5.74, 6) is 0.890. The van der Waals surface area contributed by atoms with E-state index < -0.39 is 0 Å². The number of hydrogen-bond donors (Lipinski definition) is 2. The van der Waals surface area contributed by atoms with Crippen molar-refractivity contribution in [2.24, 2.45) is 0 Å². The van der Waals surface area contributed by atoms with E-state index in [1.165, 1.54) is 5.69 Å². The molecule has 29 heavy (non-hydrogen) atoms. The van der Waals surface area contributed by atoms with Crippen molar-refractivity contribution in [1.29, 1.82) is 0 Å². The van der Waals surface area contributed by atoms with E-state index in [0.29, 0.717) is 17.1 Å². The van der Waals surface area contributed by atoms with E-state index in [-0.39, 0.29) is 5.91 Å². The van der Waals surface area contributed by atoms with E-state index in [4.69, 9.17) is 4.74 Å². The minimum Gasteiger partial charge on any atom is -0.497 e. The summed E-state index contributed by atoms with van der Waals surface area (Å²) in [5.41, 5.74) is 3.55. The molecule has 150 valence electrons. The highest BCUT2D eigenvalue weighted by molar-refractivity contribution is 6.04. The number of amides is 1. The first-order chi connectivity index (χ1) is 14.1. The molecule has 0 radical (unpaired) electrons. The summed E-state index contributed by atoms with van der Waals surface area (Å²) in [6, 6.07) is 18.9. The Balaban J connectivity index is 1.62. The molecular formula is C23H26N4O2. The van der Waals surface area contributed by atoms with Gasteiger partial charge in [-0.3, -0.25) is 4.79 Å². The van der Waals surface area contributed by atoms with E-state index in [0.717, 1.165) is 24.5 Å². The van der Waals surface area contributed by atoms with Crippen LogP contribution in [-0.4, -0.2) is 31.1 Å². The molecule has 0 aliphatic heterocycles. The Morgan fingerprint density at radius 2 is 1.72 bits per heavy atom. The van der Waals surface area contributed by atoms with E-state index in [9.17, 15) is 4.79 Å². The highest BCUT2D eigenvalue weighted by atomic mass is 16.5. The molecule has 6 heteroatoms. The van der Waals surface area contributed by atoms with E-state index in [2.05, 4.69) is 46.5 Å². The highest BCUT2D eigenvalue weighted by Gasteiger charge is 2.08. The fraction of sp³-hybridized carbons (Fsp3) is 0.217. The lowest BCUT2D eigenvalue weighted by Gasteiger charge is -2.21. The molecule has 1 heterocycles. The number of anilines is 4. The average molecular weight is 390 g/mol. The maximum atomic E-state index is 12.4. The number of carbonyl (C=O) groups is 1. The van der Waals surface area contributed by atoms with Crippen molar-refractivity contribution < 1.29 is 9.53 Å². The number of hydrogen-bond acceptors (Lipinski definition) is 5. The minimum absolute atomic E-state index is 0.232. The first-order valence-corrected chi connectivity index (χ1v) is 9.66. The number of pyridine rings is 1. The van der Waals surface area contributed by atoms with Crippen molar-refractivity contribution in [3.8, 4) is 5.75 Å². The van der Waals surface area contributed by atoms with Gasteiger partial charge in [0, 0.05) is 30.0 Å². The quantitative estimate of drug-likeness (QED) is 0.571. The van der Waals surface area contributed by atoms with Crippen LogP contribution in [0.3, 0.4) is 0 Å². The Hall–Kier alpha value is -3.54. The zero-order chi connectivity index (χ0) is 20.6. The van der Waals surface area contributed by atoms with Gasteiger partial charge in [0.05, 0.1) is 19.0 Å². The van der Waals surface area contributed by atoms with Crippen molar-refractivity contribution in [2.45, 2.75) is 13.8 Å². The fourth-order valence-electron chi connectivity index (χ4n) is 3.01. The largest absolute Gasteiger partial charge is 0.497 e. The SMILES string of the molecule is CCN(CC)c1ccc(Nc2ccc(NC(=O)c3cccc(OC)c3)nc2)cc1. The Labute approximate surface area is 171 Å². The standard InChI is InChI=1S/C23H26N4O2/c1-4-27(5-2)20-12-9-18(10-13-20)25-19-11-14-22(24-16-19)26-23(28)17-7-6-8-21(15-17)29-3/h6-16,25H,4-5H2,1-3H3,(H,24,26,28). The van der Waals surface area contributed by atoms with Gasteiger partial charge >= 0.3 is 0 Å². The van der Waals surface area contributed by atoms with Crippen LogP contribution in [0.5, 0.6) is 5.75 Å². The van der Waals surface area contributed by atoms with Crippen molar-refractivity contribution in [1.82, 2.24) is 4.98 Å². The van der Waals surface area contributed by atoms with Gasteiger partial charge in [-0.05, 0) is 68.4 Å². The first kappa shape index (κ1) is 20.2. The number of benzene rings is 2. The number of nitrogens with one attached hydrogen (secondary N) is 2.